The lowest BCUT2D eigenvalue weighted by Crippen LogP contribution is -2.33. The van der Waals surface area contributed by atoms with E-state index in [0.717, 1.165) is 18.9 Å². The topological polar surface area (TPSA) is 28.2 Å². The second-order valence-corrected chi connectivity index (χ2v) is 5.40. The molecule has 0 amide bonds. The lowest BCUT2D eigenvalue weighted by Gasteiger charge is -2.35. The number of nitrogens with one attached hydrogen (secondary N) is 1. The van der Waals surface area contributed by atoms with E-state index >= 15 is 0 Å². The average molecular weight is 261 g/mol. The molecular weight excluding hydrogens is 234 g/mol. The minimum Gasteiger partial charge on any atom is -0.370 e. The second kappa shape index (κ2) is 7.49. The Kier molecular flexibility index (Phi) is 5.64. The zero-order valence-corrected chi connectivity index (χ0v) is 12.4. The van der Waals surface area contributed by atoms with Crippen molar-refractivity contribution in [1.29, 1.82) is 0 Å². The van der Waals surface area contributed by atoms with Gasteiger partial charge in [-0.25, -0.2) is 4.98 Å². The molecule has 1 fully saturated rings. The minimum absolute atomic E-state index is 0.580. The molecule has 2 heterocycles. The summed E-state index contributed by atoms with van der Waals surface area (Å²) in [6.45, 7) is 7.86. The Hall–Kier alpha value is -1.09. The van der Waals surface area contributed by atoms with Crippen LogP contribution in [0, 0.1) is 0 Å². The van der Waals surface area contributed by atoms with E-state index in [4.69, 9.17) is 0 Å². The van der Waals surface area contributed by atoms with E-state index < -0.39 is 0 Å². The fourth-order valence-electron chi connectivity index (χ4n) is 2.85. The Morgan fingerprint density at radius 3 is 2.89 bits per heavy atom. The van der Waals surface area contributed by atoms with Crippen LogP contribution in [0.3, 0.4) is 0 Å². The van der Waals surface area contributed by atoms with Crippen LogP contribution in [0.25, 0.3) is 0 Å². The zero-order valence-electron chi connectivity index (χ0n) is 12.4. The Morgan fingerprint density at radius 2 is 2.21 bits per heavy atom. The number of unbranched alkanes of at least 4 members (excludes halogenated alkanes) is 1. The second-order valence-electron chi connectivity index (χ2n) is 5.40. The number of pyridine rings is 1. The molecule has 1 atom stereocenters. The van der Waals surface area contributed by atoms with Crippen molar-refractivity contribution in [3.63, 3.8) is 0 Å². The van der Waals surface area contributed by atoms with Gasteiger partial charge in [0.2, 0.25) is 0 Å². The maximum Gasteiger partial charge on any atom is 0.125 e. The standard InChI is InChI=1S/C16H27N3/c1-3-5-11-17-16-10-9-14(13-18-16)15-8-6-7-12-19(15)4-2/h9-10,13,15H,3-8,11-12H2,1-2H3,(H,17,18). The molecule has 1 aromatic rings. The zero-order chi connectivity index (χ0) is 13.5. The van der Waals surface area contributed by atoms with Crippen LogP contribution in [-0.2, 0) is 0 Å². The maximum absolute atomic E-state index is 4.56. The van der Waals surface area contributed by atoms with E-state index in [1.165, 1.54) is 44.2 Å². The third-order valence-electron chi connectivity index (χ3n) is 4.03. The summed E-state index contributed by atoms with van der Waals surface area (Å²) in [4.78, 5) is 7.13. The molecule has 19 heavy (non-hydrogen) atoms. The Balaban J connectivity index is 1.96. The summed E-state index contributed by atoms with van der Waals surface area (Å²) in [5.41, 5.74) is 1.38. The molecule has 1 unspecified atom stereocenters. The van der Waals surface area contributed by atoms with Gasteiger partial charge >= 0.3 is 0 Å². The molecule has 106 valence electrons. The number of piperidine rings is 1. The molecule has 1 saturated heterocycles. The van der Waals surface area contributed by atoms with E-state index in [0.29, 0.717) is 6.04 Å². The van der Waals surface area contributed by atoms with Crippen LogP contribution >= 0.6 is 0 Å². The highest BCUT2D eigenvalue weighted by Gasteiger charge is 2.22. The predicted molar refractivity (Wildman–Crippen MR) is 81.5 cm³/mol. The lowest BCUT2D eigenvalue weighted by atomic mass is 9.96. The van der Waals surface area contributed by atoms with E-state index in [-0.39, 0.29) is 0 Å². The first-order chi connectivity index (χ1) is 9.35. The third kappa shape index (κ3) is 3.93. The fourth-order valence-corrected chi connectivity index (χ4v) is 2.85. The van der Waals surface area contributed by atoms with Crippen molar-refractivity contribution < 1.29 is 0 Å². The van der Waals surface area contributed by atoms with Crippen LogP contribution in [0.15, 0.2) is 18.3 Å². The molecule has 0 bridgehead atoms. The first kappa shape index (κ1) is 14.3. The number of aromatic nitrogens is 1. The summed E-state index contributed by atoms with van der Waals surface area (Å²) < 4.78 is 0. The molecular formula is C16H27N3. The number of hydrogen-bond donors (Lipinski definition) is 1. The summed E-state index contributed by atoms with van der Waals surface area (Å²) in [7, 11) is 0. The van der Waals surface area contributed by atoms with Gasteiger partial charge in [0.25, 0.3) is 0 Å². The van der Waals surface area contributed by atoms with E-state index in [1.54, 1.807) is 0 Å². The maximum atomic E-state index is 4.56. The highest BCUT2D eigenvalue weighted by molar-refractivity contribution is 5.36. The van der Waals surface area contributed by atoms with Gasteiger partial charge in [0.1, 0.15) is 5.82 Å². The van der Waals surface area contributed by atoms with Crippen LogP contribution in [0.2, 0.25) is 0 Å². The SMILES string of the molecule is CCCCNc1ccc(C2CCCCN2CC)cn1. The number of rotatable bonds is 6. The lowest BCUT2D eigenvalue weighted by molar-refractivity contribution is 0.157. The summed E-state index contributed by atoms with van der Waals surface area (Å²) in [5.74, 6) is 1.01. The third-order valence-corrected chi connectivity index (χ3v) is 4.03. The molecule has 0 aromatic carbocycles. The summed E-state index contributed by atoms with van der Waals surface area (Å²) in [6.07, 6.45) is 8.45. The van der Waals surface area contributed by atoms with E-state index in [9.17, 15) is 0 Å². The van der Waals surface area contributed by atoms with Gasteiger partial charge in [-0.2, -0.15) is 0 Å². The van der Waals surface area contributed by atoms with Crippen molar-refractivity contribution in [2.75, 3.05) is 25.0 Å². The van der Waals surface area contributed by atoms with Gasteiger partial charge in [-0.15, -0.1) is 0 Å². The largest absolute Gasteiger partial charge is 0.370 e. The van der Waals surface area contributed by atoms with Crippen molar-refractivity contribution in [3.05, 3.63) is 23.9 Å². The monoisotopic (exact) mass is 261 g/mol. The molecule has 0 saturated carbocycles. The van der Waals surface area contributed by atoms with Crippen molar-refractivity contribution >= 4 is 5.82 Å². The van der Waals surface area contributed by atoms with Gasteiger partial charge in [0.15, 0.2) is 0 Å². The Labute approximate surface area is 117 Å². The van der Waals surface area contributed by atoms with Crippen LogP contribution in [0.5, 0.6) is 0 Å². The normalized spacial score (nSPS) is 20.4. The predicted octanol–water partition coefficient (Wildman–Crippen LogP) is 3.84. The van der Waals surface area contributed by atoms with Gasteiger partial charge in [0, 0.05) is 18.8 Å². The van der Waals surface area contributed by atoms with Gasteiger partial charge < -0.3 is 5.32 Å². The molecule has 3 heteroatoms. The summed E-state index contributed by atoms with van der Waals surface area (Å²) in [5, 5.41) is 3.38. The van der Waals surface area contributed by atoms with Crippen LogP contribution in [0.4, 0.5) is 5.82 Å². The highest BCUT2D eigenvalue weighted by Crippen LogP contribution is 2.30. The van der Waals surface area contributed by atoms with Crippen molar-refractivity contribution in [2.45, 2.75) is 52.0 Å². The molecule has 1 aromatic heterocycles. The Morgan fingerprint density at radius 1 is 1.32 bits per heavy atom. The van der Waals surface area contributed by atoms with Gasteiger partial charge in [0.05, 0.1) is 0 Å². The number of nitrogens with zero attached hydrogens (tertiary/aromatic N) is 2. The van der Waals surface area contributed by atoms with Crippen LogP contribution in [-0.4, -0.2) is 29.5 Å². The molecule has 1 aliphatic rings. The molecule has 1 N–H and O–H groups in total. The van der Waals surface area contributed by atoms with Crippen molar-refractivity contribution in [3.8, 4) is 0 Å². The summed E-state index contributed by atoms with van der Waals surface area (Å²) in [6, 6.07) is 4.96. The number of likely N-dealkylation sites (tertiary alicyclic amines) is 1. The first-order valence-electron chi connectivity index (χ1n) is 7.79. The molecule has 0 spiro atoms. The van der Waals surface area contributed by atoms with Crippen molar-refractivity contribution in [2.24, 2.45) is 0 Å². The van der Waals surface area contributed by atoms with E-state index in [1.807, 2.05) is 0 Å². The van der Waals surface area contributed by atoms with Gasteiger partial charge in [-0.1, -0.05) is 32.8 Å². The minimum atomic E-state index is 0.580. The molecule has 3 nitrogen and oxygen atoms in total. The average Bonchev–Trinajstić information content (AvgIpc) is 2.48. The van der Waals surface area contributed by atoms with E-state index in [2.05, 4.69) is 47.4 Å². The van der Waals surface area contributed by atoms with Gasteiger partial charge in [-0.05, 0) is 44.0 Å². The molecule has 1 aliphatic heterocycles. The molecule has 2 rings (SSSR count). The fraction of sp³-hybridized carbons (Fsp3) is 0.688. The number of hydrogen-bond acceptors (Lipinski definition) is 3. The Bertz CT molecular complexity index is 361. The quantitative estimate of drug-likeness (QED) is 0.789. The van der Waals surface area contributed by atoms with Crippen molar-refractivity contribution in [1.82, 2.24) is 9.88 Å². The van der Waals surface area contributed by atoms with Crippen LogP contribution < -0.4 is 5.32 Å². The van der Waals surface area contributed by atoms with Gasteiger partial charge in [-0.3, -0.25) is 4.90 Å². The summed E-state index contributed by atoms with van der Waals surface area (Å²) >= 11 is 0. The number of anilines is 1. The highest BCUT2D eigenvalue weighted by atomic mass is 15.2. The molecule has 0 radical (unpaired) electrons. The first-order valence-corrected chi connectivity index (χ1v) is 7.79. The molecule has 0 aliphatic carbocycles. The smallest absolute Gasteiger partial charge is 0.125 e. The van der Waals surface area contributed by atoms with Crippen LogP contribution in [0.1, 0.15) is 57.6 Å².